The molecule has 0 unspecified atom stereocenters. The zero-order valence-electron chi connectivity index (χ0n) is 20.0. The minimum Gasteiger partial charge on any atom is -0.337 e. The van der Waals surface area contributed by atoms with Crippen molar-refractivity contribution in [1.29, 1.82) is 0 Å². The SMILES string of the molecule is CC(C)CC(=O)Nc1cncc(-c2cnc3[nH]nc(-c4nc5c(-c6ccc(F)s6)cccc5[nH]4)c3c2)c1. The number of anilines is 1. The number of nitrogens with zero attached hydrogens (tertiary/aromatic N) is 4. The molecule has 0 fully saturated rings. The normalized spacial score (nSPS) is 11.6. The van der Waals surface area contributed by atoms with Crippen molar-refractivity contribution in [1.82, 2.24) is 30.1 Å². The molecule has 1 aromatic carbocycles. The van der Waals surface area contributed by atoms with E-state index in [0.717, 1.165) is 49.3 Å². The van der Waals surface area contributed by atoms with E-state index in [0.29, 0.717) is 29.3 Å². The molecular formula is C27H22FN7OS. The third-order valence-electron chi connectivity index (χ3n) is 5.94. The molecule has 5 heterocycles. The van der Waals surface area contributed by atoms with Crippen molar-refractivity contribution < 1.29 is 9.18 Å². The molecule has 0 radical (unpaired) electrons. The number of aromatic amines is 2. The van der Waals surface area contributed by atoms with Gasteiger partial charge < -0.3 is 10.3 Å². The molecular weight excluding hydrogens is 489 g/mol. The lowest BCUT2D eigenvalue weighted by molar-refractivity contribution is -0.116. The molecule has 0 saturated heterocycles. The van der Waals surface area contributed by atoms with Crippen LogP contribution in [0.5, 0.6) is 0 Å². The van der Waals surface area contributed by atoms with E-state index in [1.807, 2.05) is 44.2 Å². The average Bonchev–Trinajstić information content (AvgIpc) is 3.60. The number of amides is 1. The number of halogens is 1. The molecule has 0 atom stereocenters. The minimum absolute atomic E-state index is 0.0470. The molecule has 0 spiro atoms. The second-order valence-electron chi connectivity index (χ2n) is 9.19. The van der Waals surface area contributed by atoms with Crippen LogP contribution in [0.15, 0.2) is 61.1 Å². The van der Waals surface area contributed by atoms with Gasteiger partial charge in [0.05, 0.1) is 28.3 Å². The van der Waals surface area contributed by atoms with Gasteiger partial charge in [-0.05, 0) is 36.2 Å². The van der Waals surface area contributed by atoms with Gasteiger partial charge >= 0.3 is 0 Å². The van der Waals surface area contributed by atoms with Gasteiger partial charge in [0.2, 0.25) is 5.91 Å². The number of hydrogen-bond donors (Lipinski definition) is 3. The number of hydrogen-bond acceptors (Lipinski definition) is 6. The molecule has 0 aliphatic heterocycles. The predicted octanol–water partition coefficient (Wildman–Crippen LogP) is 6.42. The summed E-state index contributed by atoms with van der Waals surface area (Å²) in [5.41, 5.74) is 5.95. The molecule has 3 N–H and O–H groups in total. The van der Waals surface area contributed by atoms with Gasteiger partial charge in [-0.15, -0.1) is 11.3 Å². The Labute approximate surface area is 215 Å². The summed E-state index contributed by atoms with van der Waals surface area (Å²) >= 11 is 1.09. The predicted molar refractivity (Wildman–Crippen MR) is 144 cm³/mol. The first-order chi connectivity index (χ1) is 17.9. The summed E-state index contributed by atoms with van der Waals surface area (Å²) < 4.78 is 13.7. The van der Waals surface area contributed by atoms with Crippen molar-refractivity contribution >= 4 is 45.0 Å². The van der Waals surface area contributed by atoms with Crippen LogP contribution in [0.2, 0.25) is 0 Å². The van der Waals surface area contributed by atoms with E-state index in [-0.39, 0.29) is 17.0 Å². The van der Waals surface area contributed by atoms with Gasteiger partial charge in [0, 0.05) is 40.4 Å². The maximum absolute atomic E-state index is 13.7. The number of pyridine rings is 2. The molecule has 5 aromatic heterocycles. The maximum atomic E-state index is 13.7. The highest BCUT2D eigenvalue weighted by atomic mass is 32.1. The Kier molecular flexibility index (Phi) is 5.72. The summed E-state index contributed by atoms with van der Waals surface area (Å²) in [6.45, 7) is 4.00. The lowest BCUT2D eigenvalue weighted by Gasteiger charge is -2.08. The highest BCUT2D eigenvalue weighted by Gasteiger charge is 2.17. The number of fused-ring (bicyclic) bond motifs is 2. The number of para-hydroxylation sites is 1. The first-order valence-corrected chi connectivity index (χ1v) is 12.6. The third-order valence-corrected chi connectivity index (χ3v) is 6.85. The van der Waals surface area contributed by atoms with Crippen molar-refractivity contribution in [2.24, 2.45) is 5.92 Å². The third kappa shape index (κ3) is 4.47. The minimum atomic E-state index is -0.238. The Morgan fingerprint density at radius 3 is 2.78 bits per heavy atom. The van der Waals surface area contributed by atoms with Crippen LogP contribution in [0.4, 0.5) is 10.1 Å². The number of imidazole rings is 1. The first-order valence-electron chi connectivity index (χ1n) is 11.8. The van der Waals surface area contributed by atoms with Gasteiger partial charge in [0.1, 0.15) is 5.69 Å². The van der Waals surface area contributed by atoms with Gasteiger partial charge in [-0.25, -0.2) is 9.97 Å². The van der Waals surface area contributed by atoms with Gasteiger partial charge in [-0.1, -0.05) is 26.0 Å². The molecule has 6 rings (SSSR count). The number of benzene rings is 1. The van der Waals surface area contributed by atoms with Crippen molar-refractivity contribution in [3.63, 3.8) is 0 Å². The molecule has 0 aliphatic carbocycles. The summed E-state index contributed by atoms with van der Waals surface area (Å²) in [5.74, 6) is 0.801. The number of aromatic nitrogens is 6. The average molecular weight is 512 g/mol. The summed E-state index contributed by atoms with van der Waals surface area (Å²) in [6, 6.07) is 12.8. The van der Waals surface area contributed by atoms with E-state index in [9.17, 15) is 9.18 Å². The van der Waals surface area contributed by atoms with Gasteiger partial charge in [-0.2, -0.15) is 9.49 Å². The Hall–Kier alpha value is -4.44. The van der Waals surface area contributed by atoms with E-state index in [1.165, 1.54) is 6.07 Å². The van der Waals surface area contributed by atoms with Crippen LogP contribution in [0.3, 0.4) is 0 Å². The standard InChI is InChI=1S/C27H22FN7OS/c1-14(2)8-23(36)31-17-9-15(11-29-13-17)16-10-19-25(34-35-26(19)30-12-16)27-32-20-5-3-4-18(24(20)33-27)21-6-7-22(28)37-21/h3-7,9-14H,8H2,1-2H3,(H,31,36)(H,32,33)(H,30,34,35). The summed E-state index contributed by atoms with van der Waals surface area (Å²) in [5, 5.41) is 10.9. The van der Waals surface area contributed by atoms with Crippen molar-refractivity contribution in [3.8, 4) is 33.1 Å². The lowest BCUT2D eigenvalue weighted by Crippen LogP contribution is -2.13. The molecule has 0 aliphatic rings. The van der Waals surface area contributed by atoms with E-state index < -0.39 is 0 Å². The Morgan fingerprint density at radius 2 is 1.97 bits per heavy atom. The van der Waals surface area contributed by atoms with Crippen LogP contribution >= 0.6 is 11.3 Å². The van der Waals surface area contributed by atoms with E-state index in [1.54, 1.807) is 24.7 Å². The molecule has 6 aromatic rings. The van der Waals surface area contributed by atoms with Crippen LogP contribution in [-0.2, 0) is 4.79 Å². The Balaban J connectivity index is 1.38. The first kappa shape index (κ1) is 23.0. The fourth-order valence-electron chi connectivity index (χ4n) is 4.29. The highest BCUT2D eigenvalue weighted by molar-refractivity contribution is 7.14. The molecule has 10 heteroatoms. The highest BCUT2D eigenvalue weighted by Crippen LogP contribution is 2.35. The van der Waals surface area contributed by atoms with E-state index in [2.05, 4.69) is 30.5 Å². The monoisotopic (exact) mass is 511 g/mol. The van der Waals surface area contributed by atoms with E-state index in [4.69, 9.17) is 4.98 Å². The van der Waals surface area contributed by atoms with Gasteiger partial charge in [-0.3, -0.25) is 14.9 Å². The van der Waals surface area contributed by atoms with Crippen LogP contribution in [0, 0.1) is 11.0 Å². The number of carbonyl (C=O) groups is 1. The zero-order valence-corrected chi connectivity index (χ0v) is 20.9. The smallest absolute Gasteiger partial charge is 0.224 e. The van der Waals surface area contributed by atoms with Crippen LogP contribution < -0.4 is 5.32 Å². The summed E-state index contributed by atoms with van der Waals surface area (Å²) in [6.07, 6.45) is 5.54. The fourth-order valence-corrected chi connectivity index (χ4v) is 5.05. The fraction of sp³-hybridized carbons (Fsp3) is 0.148. The Morgan fingerprint density at radius 1 is 1.11 bits per heavy atom. The summed E-state index contributed by atoms with van der Waals surface area (Å²) in [4.78, 5) is 30.0. The van der Waals surface area contributed by atoms with Crippen LogP contribution in [0.1, 0.15) is 20.3 Å². The van der Waals surface area contributed by atoms with Crippen LogP contribution in [-0.4, -0.2) is 36.0 Å². The molecule has 184 valence electrons. The molecule has 0 bridgehead atoms. The second-order valence-corrected chi connectivity index (χ2v) is 10.2. The van der Waals surface area contributed by atoms with Crippen molar-refractivity contribution in [2.45, 2.75) is 20.3 Å². The number of rotatable bonds is 6. The quantitative estimate of drug-likeness (QED) is 0.239. The number of nitrogens with one attached hydrogen (secondary N) is 3. The van der Waals surface area contributed by atoms with Gasteiger partial charge in [0.25, 0.3) is 0 Å². The van der Waals surface area contributed by atoms with Crippen LogP contribution in [0.25, 0.3) is 55.2 Å². The second kappa shape index (κ2) is 9.21. The molecule has 1 amide bonds. The van der Waals surface area contributed by atoms with Crippen molar-refractivity contribution in [3.05, 3.63) is 66.2 Å². The molecule has 37 heavy (non-hydrogen) atoms. The zero-order chi connectivity index (χ0) is 25.5. The van der Waals surface area contributed by atoms with Crippen molar-refractivity contribution in [2.75, 3.05) is 5.32 Å². The largest absolute Gasteiger partial charge is 0.337 e. The number of H-pyrrole nitrogens is 2. The van der Waals surface area contributed by atoms with E-state index >= 15 is 0 Å². The molecule has 8 nitrogen and oxygen atoms in total. The number of thiophene rings is 1. The number of carbonyl (C=O) groups excluding carboxylic acids is 1. The Bertz CT molecular complexity index is 1770. The lowest BCUT2D eigenvalue weighted by atomic mass is 10.1. The summed E-state index contributed by atoms with van der Waals surface area (Å²) in [7, 11) is 0. The molecule has 0 saturated carbocycles. The topological polar surface area (TPSA) is 112 Å². The maximum Gasteiger partial charge on any atom is 0.224 e. The van der Waals surface area contributed by atoms with Gasteiger partial charge in [0.15, 0.2) is 16.6 Å².